The maximum atomic E-state index is 10.9. The van der Waals surface area contributed by atoms with E-state index in [2.05, 4.69) is 33.3 Å². The minimum atomic E-state index is -0.980. The summed E-state index contributed by atoms with van der Waals surface area (Å²) in [6.45, 7) is 7.13. The van der Waals surface area contributed by atoms with Crippen molar-refractivity contribution in [2.75, 3.05) is 24.6 Å². The number of carbonyl (C=O) groups is 1. The Bertz CT molecular complexity index is 1180. The summed E-state index contributed by atoms with van der Waals surface area (Å²) in [5, 5.41) is 26.8. The number of carbonyl (C=O) groups excluding carboxylic acids is 1. The Morgan fingerprint density at radius 3 is 2.70 bits per heavy atom. The molecule has 4 heterocycles. The number of hydrogen-bond donors (Lipinski definition) is 2. The zero-order valence-corrected chi connectivity index (χ0v) is 19.1. The molecule has 2 N–H and O–H groups in total. The molecular formula is C24H28N6O3. The van der Waals surface area contributed by atoms with Gasteiger partial charge in [-0.1, -0.05) is 0 Å². The van der Waals surface area contributed by atoms with E-state index >= 15 is 0 Å². The second-order valence-corrected chi connectivity index (χ2v) is 9.37. The van der Waals surface area contributed by atoms with Crippen molar-refractivity contribution in [3.8, 4) is 22.9 Å². The third kappa shape index (κ3) is 4.91. The zero-order valence-electron chi connectivity index (χ0n) is 19.1. The molecule has 172 valence electrons. The number of aromatic nitrogens is 3. The number of nitrogens with one attached hydrogen (secondary N) is 1. The van der Waals surface area contributed by atoms with Gasteiger partial charge in [-0.25, -0.2) is 9.50 Å². The van der Waals surface area contributed by atoms with Crippen LogP contribution < -0.4 is 15.0 Å². The Hall–Kier alpha value is -3.64. The third-order valence-corrected chi connectivity index (χ3v) is 5.96. The quantitative estimate of drug-likeness (QED) is 0.534. The number of anilines is 1. The Balaban J connectivity index is 1.62. The molecular weight excluding hydrogens is 420 g/mol. The molecule has 3 aromatic heterocycles. The third-order valence-electron chi connectivity index (χ3n) is 5.96. The molecule has 0 radical (unpaired) electrons. The van der Waals surface area contributed by atoms with Crippen LogP contribution in [0.1, 0.15) is 39.2 Å². The number of pyridine rings is 2. The fraction of sp³-hybridized carbons (Fsp3) is 0.417. The molecule has 33 heavy (non-hydrogen) atoms. The summed E-state index contributed by atoms with van der Waals surface area (Å²) in [5.74, 6) is 1.40. The van der Waals surface area contributed by atoms with Crippen LogP contribution in [0, 0.1) is 11.3 Å². The molecule has 0 bridgehead atoms. The van der Waals surface area contributed by atoms with Crippen LogP contribution >= 0.6 is 0 Å². The Morgan fingerprint density at radius 2 is 2.09 bits per heavy atom. The van der Waals surface area contributed by atoms with E-state index in [-0.39, 0.29) is 12.1 Å². The van der Waals surface area contributed by atoms with Crippen LogP contribution in [0.15, 0.2) is 36.8 Å². The van der Waals surface area contributed by atoms with Crippen molar-refractivity contribution in [1.82, 2.24) is 19.9 Å². The predicted molar refractivity (Wildman–Crippen MR) is 124 cm³/mol. The maximum Gasteiger partial charge on any atom is 0.207 e. The van der Waals surface area contributed by atoms with E-state index in [9.17, 15) is 15.2 Å². The normalized spacial score (nSPS) is 15.8. The Kier molecular flexibility index (Phi) is 5.95. The van der Waals surface area contributed by atoms with Gasteiger partial charge in [0, 0.05) is 36.0 Å². The molecule has 1 fully saturated rings. The first kappa shape index (κ1) is 22.6. The van der Waals surface area contributed by atoms with Gasteiger partial charge in [-0.05, 0) is 51.8 Å². The van der Waals surface area contributed by atoms with Gasteiger partial charge >= 0.3 is 0 Å². The first-order valence-electron chi connectivity index (χ1n) is 10.9. The number of piperidine rings is 1. The lowest BCUT2D eigenvalue weighted by Crippen LogP contribution is -2.51. The topological polar surface area (TPSA) is 116 Å². The summed E-state index contributed by atoms with van der Waals surface area (Å²) in [7, 11) is 0. The summed E-state index contributed by atoms with van der Waals surface area (Å²) < 4.78 is 7.41. The monoisotopic (exact) mass is 448 g/mol. The molecule has 0 aliphatic carbocycles. The molecule has 4 rings (SSSR count). The van der Waals surface area contributed by atoms with E-state index in [0.29, 0.717) is 16.8 Å². The van der Waals surface area contributed by atoms with Crippen molar-refractivity contribution in [2.24, 2.45) is 0 Å². The molecule has 0 aromatic carbocycles. The highest BCUT2D eigenvalue weighted by Gasteiger charge is 2.30. The van der Waals surface area contributed by atoms with Gasteiger partial charge in [-0.2, -0.15) is 10.4 Å². The first-order chi connectivity index (χ1) is 15.7. The summed E-state index contributed by atoms with van der Waals surface area (Å²) in [6, 6.07) is 7.98. The molecule has 1 aliphatic heterocycles. The van der Waals surface area contributed by atoms with Gasteiger partial charge < -0.3 is 20.1 Å². The molecule has 1 saturated heterocycles. The molecule has 0 saturated carbocycles. The number of nitriles is 1. The molecule has 0 atom stereocenters. The van der Waals surface area contributed by atoms with Crippen LogP contribution in [-0.4, -0.2) is 57.0 Å². The molecule has 9 nitrogen and oxygen atoms in total. The fourth-order valence-corrected chi connectivity index (χ4v) is 3.99. The van der Waals surface area contributed by atoms with Crippen LogP contribution in [0.4, 0.5) is 5.82 Å². The van der Waals surface area contributed by atoms with Gasteiger partial charge in [0.15, 0.2) is 0 Å². The van der Waals surface area contributed by atoms with Gasteiger partial charge in [0.25, 0.3) is 0 Å². The minimum absolute atomic E-state index is 0.119. The molecule has 1 amide bonds. The minimum Gasteiger partial charge on any atom is -0.489 e. The molecule has 0 spiro atoms. The molecule has 3 aromatic rings. The number of ether oxygens (including phenoxy) is 1. The lowest BCUT2D eigenvalue weighted by Gasteiger charge is -2.39. The van der Waals surface area contributed by atoms with Crippen LogP contribution in [-0.2, 0) is 4.79 Å². The largest absolute Gasteiger partial charge is 0.489 e. The van der Waals surface area contributed by atoms with Crippen molar-refractivity contribution in [3.05, 3.63) is 42.4 Å². The summed E-state index contributed by atoms with van der Waals surface area (Å²) in [6.07, 6.45) is 7.48. The van der Waals surface area contributed by atoms with Gasteiger partial charge in [0.05, 0.1) is 29.1 Å². The van der Waals surface area contributed by atoms with Gasteiger partial charge in [0.2, 0.25) is 6.41 Å². The highest BCUT2D eigenvalue weighted by molar-refractivity contribution is 5.85. The lowest BCUT2D eigenvalue weighted by atomic mass is 9.90. The van der Waals surface area contributed by atoms with Crippen molar-refractivity contribution in [3.63, 3.8) is 0 Å². The van der Waals surface area contributed by atoms with Gasteiger partial charge in [-0.15, -0.1) is 0 Å². The number of fused-ring (bicyclic) bond motifs is 1. The van der Waals surface area contributed by atoms with Gasteiger partial charge in [0.1, 0.15) is 24.2 Å². The smallest absolute Gasteiger partial charge is 0.207 e. The fourth-order valence-electron chi connectivity index (χ4n) is 3.99. The van der Waals surface area contributed by atoms with E-state index < -0.39 is 5.60 Å². The summed E-state index contributed by atoms with van der Waals surface area (Å²) in [5.41, 5.74) is 1.59. The standard InChI is InChI=1S/C24H28N6O3/c1-23(2,32)15-33-19-10-20(22-18(11-25)13-28-30(22)14-19)17-4-5-21(26-12-17)29-8-6-24(3,7-9-29)27-16-31/h4-5,10,12-14,16,32H,6-9,15H2,1-3H3,(H,27,31). The van der Waals surface area contributed by atoms with Crippen LogP contribution in [0.5, 0.6) is 5.75 Å². The van der Waals surface area contributed by atoms with Crippen LogP contribution in [0.2, 0.25) is 0 Å². The predicted octanol–water partition coefficient (Wildman–Crippen LogP) is 2.52. The number of amides is 1. The highest BCUT2D eigenvalue weighted by Crippen LogP contribution is 2.32. The van der Waals surface area contributed by atoms with Crippen LogP contribution in [0.25, 0.3) is 16.6 Å². The lowest BCUT2D eigenvalue weighted by molar-refractivity contribution is -0.111. The number of hydrogen-bond acceptors (Lipinski definition) is 7. The highest BCUT2D eigenvalue weighted by atomic mass is 16.5. The number of aliphatic hydroxyl groups is 1. The molecule has 1 aliphatic rings. The average molecular weight is 449 g/mol. The van der Waals surface area contributed by atoms with Crippen molar-refractivity contribution < 1.29 is 14.6 Å². The van der Waals surface area contributed by atoms with Crippen LogP contribution in [0.3, 0.4) is 0 Å². The Labute approximate surface area is 192 Å². The van der Waals surface area contributed by atoms with Crippen molar-refractivity contribution in [2.45, 2.75) is 44.8 Å². The SMILES string of the molecule is CC(C)(O)COc1cc(-c2ccc(N3CCC(C)(NC=O)CC3)nc2)c2c(C#N)cnn2c1. The number of nitrogens with zero attached hydrogens (tertiary/aromatic N) is 5. The van der Waals surface area contributed by atoms with Gasteiger partial charge in [-0.3, -0.25) is 4.79 Å². The Morgan fingerprint density at radius 1 is 1.33 bits per heavy atom. The zero-order chi connectivity index (χ0) is 23.6. The molecule has 9 heteroatoms. The summed E-state index contributed by atoms with van der Waals surface area (Å²) in [4.78, 5) is 17.7. The van der Waals surface area contributed by atoms with E-state index in [4.69, 9.17) is 4.74 Å². The first-order valence-corrected chi connectivity index (χ1v) is 10.9. The number of rotatable bonds is 7. The average Bonchev–Trinajstić information content (AvgIpc) is 3.21. The van der Waals surface area contributed by atoms with E-state index in [0.717, 1.165) is 49.3 Å². The maximum absolute atomic E-state index is 10.9. The summed E-state index contributed by atoms with van der Waals surface area (Å²) >= 11 is 0. The molecule has 0 unspecified atom stereocenters. The second kappa shape index (κ2) is 8.71. The van der Waals surface area contributed by atoms with Crippen molar-refractivity contribution in [1.29, 1.82) is 5.26 Å². The van der Waals surface area contributed by atoms with E-state index in [1.165, 1.54) is 6.20 Å². The second-order valence-electron chi connectivity index (χ2n) is 9.37. The van der Waals surface area contributed by atoms with E-state index in [1.54, 1.807) is 30.8 Å². The van der Waals surface area contributed by atoms with Crippen molar-refractivity contribution >= 4 is 17.7 Å². The van der Waals surface area contributed by atoms with E-state index in [1.807, 2.05) is 18.2 Å².